The van der Waals surface area contributed by atoms with Gasteiger partial charge in [0, 0.05) is 24.4 Å². The molecule has 1 saturated carbocycles. The van der Waals surface area contributed by atoms with Gasteiger partial charge in [0.1, 0.15) is 5.69 Å². The second-order valence-electron chi connectivity index (χ2n) is 7.57. The van der Waals surface area contributed by atoms with Crippen LogP contribution >= 0.6 is 0 Å². The molecule has 8 nitrogen and oxygen atoms in total. The number of amides is 1. The predicted molar refractivity (Wildman–Crippen MR) is 114 cm³/mol. The van der Waals surface area contributed by atoms with Gasteiger partial charge in [-0.15, -0.1) is 10.2 Å². The Morgan fingerprint density at radius 1 is 1.23 bits per heavy atom. The molecule has 1 heterocycles. The molecule has 0 unspecified atom stereocenters. The lowest BCUT2D eigenvalue weighted by molar-refractivity contribution is -0.121. The van der Waals surface area contributed by atoms with Crippen LogP contribution in [0.4, 0.5) is 0 Å². The number of carbonyl (C=O) groups excluding carboxylic acids is 1. The summed E-state index contributed by atoms with van der Waals surface area (Å²) in [7, 11) is 1.57. The van der Waals surface area contributed by atoms with Crippen LogP contribution in [0.3, 0.4) is 0 Å². The largest absolute Gasteiger partial charge is 0.493 e. The first-order valence-corrected chi connectivity index (χ1v) is 10.7. The third kappa shape index (κ3) is 5.81. The zero-order chi connectivity index (χ0) is 21.3. The third-order valence-electron chi connectivity index (χ3n) is 5.27. The number of nitrogens with zero attached hydrogens (tertiary/aromatic N) is 2. The molecule has 1 aliphatic carbocycles. The van der Waals surface area contributed by atoms with Crippen LogP contribution in [0.2, 0.25) is 0 Å². The minimum absolute atomic E-state index is 0.0458. The number of ether oxygens (including phenoxy) is 2. The maximum atomic E-state index is 12.4. The van der Waals surface area contributed by atoms with Crippen molar-refractivity contribution in [1.29, 1.82) is 0 Å². The van der Waals surface area contributed by atoms with Gasteiger partial charge >= 0.3 is 0 Å². The Hall–Kier alpha value is -2.90. The maximum absolute atomic E-state index is 12.4. The number of benzene rings is 1. The average Bonchev–Trinajstić information content (AvgIpc) is 3.26. The van der Waals surface area contributed by atoms with Gasteiger partial charge in [-0.05, 0) is 37.5 Å². The predicted octanol–water partition coefficient (Wildman–Crippen LogP) is 3.01. The second kappa shape index (κ2) is 10.8. The first-order valence-electron chi connectivity index (χ1n) is 10.7. The van der Waals surface area contributed by atoms with Crippen molar-refractivity contribution in [3.05, 3.63) is 34.2 Å². The molecule has 162 valence electrons. The van der Waals surface area contributed by atoms with Gasteiger partial charge in [-0.3, -0.25) is 9.59 Å². The minimum Gasteiger partial charge on any atom is -0.493 e. The van der Waals surface area contributed by atoms with E-state index in [-0.39, 0.29) is 36.0 Å². The molecule has 0 bridgehead atoms. The van der Waals surface area contributed by atoms with Gasteiger partial charge in [0.25, 0.3) is 5.56 Å². The number of hydrogen-bond acceptors (Lipinski definition) is 6. The van der Waals surface area contributed by atoms with Gasteiger partial charge in [-0.2, -0.15) is 0 Å². The van der Waals surface area contributed by atoms with Crippen LogP contribution < -0.4 is 20.3 Å². The summed E-state index contributed by atoms with van der Waals surface area (Å²) in [4.78, 5) is 27.2. The molecule has 0 spiro atoms. The lowest BCUT2D eigenvalue weighted by atomic mass is 10.2. The number of H-pyrrole nitrogens is 1. The summed E-state index contributed by atoms with van der Waals surface area (Å²) < 4.78 is 11.1. The summed E-state index contributed by atoms with van der Waals surface area (Å²) in [6.07, 6.45) is 6.89. The maximum Gasteiger partial charge on any atom is 0.273 e. The highest BCUT2D eigenvalue weighted by atomic mass is 16.5. The number of aryl methyl sites for hydroxylation is 1. The zero-order valence-electron chi connectivity index (χ0n) is 17.7. The lowest BCUT2D eigenvalue weighted by Gasteiger charge is -2.12. The van der Waals surface area contributed by atoms with Gasteiger partial charge in [0.15, 0.2) is 17.3 Å². The average molecular weight is 415 g/mol. The quantitative estimate of drug-likeness (QED) is 0.579. The fraction of sp³-hybridized carbons (Fsp3) is 0.545. The fourth-order valence-electron chi connectivity index (χ4n) is 3.52. The van der Waals surface area contributed by atoms with Gasteiger partial charge in [-0.25, -0.2) is 0 Å². The third-order valence-corrected chi connectivity index (χ3v) is 5.27. The molecule has 0 radical (unpaired) electrons. The van der Waals surface area contributed by atoms with Crippen molar-refractivity contribution < 1.29 is 14.3 Å². The van der Waals surface area contributed by atoms with E-state index in [0.29, 0.717) is 29.5 Å². The Balaban J connectivity index is 1.64. The summed E-state index contributed by atoms with van der Waals surface area (Å²) in [5, 5.41) is 11.2. The highest BCUT2D eigenvalue weighted by molar-refractivity contribution is 5.76. The standard InChI is InChI=1S/C22H30N4O4/c1-3-4-13-30-18-11-9-15(14-19(18)29-2)21-24-22(28)17(25-26-21)10-12-20(27)23-16-7-5-6-8-16/h9,11,14,16H,3-8,10,12-13H2,1-2H3,(H,23,27)(H,24,26,28). The Morgan fingerprint density at radius 2 is 2.03 bits per heavy atom. The molecular formula is C22H30N4O4. The van der Waals surface area contributed by atoms with Crippen LogP contribution in [-0.2, 0) is 11.2 Å². The van der Waals surface area contributed by atoms with Gasteiger partial charge in [0.05, 0.1) is 13.7 Å². The van der Waals surface area contributed by atoms with Crippen molar-refractivity contribution in [3.8, 4) is 22.9 Å². The molecule has 1 amide bonds. The second-order valence-corrected chi connectivity index (χ2v) is 7.57. The first-order chi connectivity index (χ1) is 14.6. The fourth-order valence-corrected chi connectivity index (χ4v) is 3.52. The van der Waals surface area contributed by atoms with Crippen LogP contribution in [0.25, 0.3) is 11.4 Å². The highest BCUT2D eigenvalue weighted by Crippen LogP contribution is 2.31. The van der Waals surface area contributed by atoms with E-state index >= 15 is 0 Å². The Kier molecular flexibility index (Phi) is 7.82. The Labute approximate surface area is 176 Å². The molecule has 1 aromatic carbocycles. The topological polar surface area (TPSA) is 106 Å². The molecule has 2 aromatic rings. The summed E-state index contributed by atoms with van der Waals surface area (Å²) in [6.45, 7) is 2.72. The Morgan fingerprint density at radius 3 is 2.73 bits per heavy atom. The molecule has 0 aliphatic heterocycles. The molecule has 1 fully saturated rings. The molecule has 30 heavy (non-hydrogen) atoms. The van der Waals surface area contributed by atoms with Crippen molar-refractivity contribution in [2.75, 3.05) is 13.7 Å². The summed E-state index contributed by atoms with van der Waals surface area (Å²) in [6, 6.07) is 5.63. The zero-order valence-corrected chi connectivity index (χ0v) is 17.7. The van der Waals surface area contributed by atoms with Crippen molar-refractivity contribution in [2.24, 2.45) is 0 Å². The SMILES string of the molecule is CCCCOc1ccc(-c2nnc(CCC(=O)NC3CCCC3)c(=O)[nH]2)cc1OC. The van der Waals surface area contributed by atoms with Crippen molar-refractivity contribution >= 4 is 5.91 Å². The minimum atomic E-state index is -0.337. The number of hydrogen-bond donors (Lipinski definition) is 2. The number of rotatable bonds is 10. The molecule has 8 heteroatoms. The van der Waals surface area contributed by atoms with Crippen molar-refractivity contribution in [1.82, 2.24) is 20.5 Å². The van der Waals surface area contributed by atoms with E-state index in [1.165, 1.54) is 0 Å². The lowest BCUT2D eigenvalue weighted by Crippen LogP contribution is -2.33. The van der Waals surface area contributed by atoms with Crippen LogP contribution in [0.5, 0.6) is 11.5 Å². The monoisotopic (exact) mass is 414 g/mol. The van der Waals surface area contributed by atoms with E-state index in [4.69, 9.17) is 9.47 Å². The number of carbonyl (C=O) groups is 1. The molecule has 2 N–H and O–H groups in total. The molecule has 3 rings (SSSR count). The van der Waals surface area contributed by atoms with E-state index in [2.05, 4.69) is 27.4 Å². The molecule has 0 atom stereocenters. The van der Waals surface area contributed by atoms with Crippen LogP contribution in [0.1, 0.15) is 57.6 Å². The Bertz CT molecular complexity index is 906. The summed E-state index contributed by atoms with van der Waals surface area (Å²) in [5.41, 5.74) is 0.590. The van der Waals surface area contributed by atoms with E-state index in [0.717, 1.165) is 38.5 Å². The van der Waals surface area contributed by atoms with E-state index in [9.17, 15) is 9.59 Å². The van der Waals surface area contributed by atoms with Crippen LogP contribution in [0, 0.1) is 0 Å². The number of unbranched alkanes of at least 4 members (excludes halogenated alkanes) is 1. The number of methoxy groups -OCH3 is 1. The molecule has 1 aliphatic rings. The smallest absolute Gasteiger partial charge is 0.273 e. The normalized spacial score (nSPS) is 13.9. The number of nitrogens with one attached hydrogen (secondary N) is 2. The van der Waals surface area contributed by atoms with Gasteiger partial charge in [0.2, 0.25) is 5.91 Å². The van der Waals surface area contributed by atoms with Gasteiger partial charge < -0.3 is 19.8 Å². The molecule has 0 saturated heterocycles. The van der Waals surface area contributed by atoms with E-state index < -0.39 is 0 Å². The highest BCUT2D eigenvalue weighted by Gasteiger charge is 2.17. The van der Waals surface area contributed by atoms with Crippen LogP contribution in [0.15, 0.2) is 23.0 Å². The molecular weight excluding hydrogens is 384 g/mol. The van der Waals surface area contributed by atoms with Gasteiger partial charge in [-0.1, -0.05) is 26.2 Å². The van der Waals surface area contributed by atoms with Crippen molar-refractivity contribution in [2.45, 2.75) is 64.3 Å². The summed E-state index contributed by atoms with van der Waals surface area (Å²) in [5.74, 6) is 1.52. The van der Waals surface area contributed by atoms with E-state index in [1.807, 2.05) is 0 Å². The number of aromatic amines is 1. The van der Waals surface area contributed by atoms with Crippen LogP contribution in [-0.4, -0.2) is 40.8 Å². The summed E-state index contributed by atoms with van der Waals surface area (Å²) >= 11 is 0. The molecule has 1 aromatic heterocycles. The van der Waals surface area contributed by atoms with E-state index in [1.54, 1.807) is 25.3 Å². The van der Waals surface area contributed by atoms with Crippen molar-refractivity contribution in [3.63, 3.8) is 0 Å². The first kappa shape index (κ1) is 21.8. The number of aromatic nitrogens is 3.